The molecule has 0 bridgehead atoms. The van der Waals surface area contributed by atoms with Crippen LogP contribution in [0.1, 0.15) is 52.9 Å². The highest BCUT2D eigenvalue weighted by Gasteiger charge is 2.15. The maximum absolute atomic E-state index is 10.4. The molecule has 11 nitrogen and oxygen atoms in total. The molecule has 0 spiro atoms. The topological polar surface area (TPSA) is 222 Å². The van der Waals surface area contributed by atoms with E-state index in [1.54, 1.807) is 13.8 Å². The first-order valence-corrected chi connectivity index (χ1v) is 9.69. The van der Waals surface area contributed by atoms with Gasteiger partial charge in [0.15, 0.2) is 0 Å². The van der Waals surface area contributed by atoms with E-state index in [1.807, 2.05) is 6.92 Å². The van der Waals surface area contributed by atoms with Crippen molar-refractivity contribution < 1.29 is 34.8 Å². The average molecular weight is 425 g/mol. The zero-order valence-electron chi connectivity index (χ0n) is 17.7. The van der Waals surface area contributed by atoms with Crippen LogP contribution in [0.4, 0.5) is 0 Å². The second-order valence-corrected chi connectivity index (χ2v) is 6.69. The zero-order chi connectivity index (χ0) is 23.4. The van der Waals surface area contributed by atoms with Gasteiger partial charge in [0.2, 0.25) is 0 Å². The SMILES string of the molecule is CC(C)C(N)C(=O)O.CCCNC(CCO)C(=O)O.NCCCCC(N)C(=O)O. The molecule has 0 radical (unpaired) electrons. The van der Waals surface area contributed by atoms with E-state index in [2.05, 4.69) is 5.32 Å². The largest absolute Gasteiger partial charge is 0.480 e. The fourth-order valence-corrected chi connectivity index (χ4v) is 1.68. The van der Waals surface area contributed by atoms with E-state index in [4.69, 9.17) is 37.6 Å². The quantitative estimate of drug-likeness (QED) is 0.174. The minimum atomic E-state index is -0.933. The Morgan fingerprint density at radius 1 is 0.931 bits per heavy atom. The van der Waals surface area contributed by atoms with Crippen molar-refractivity contribution in [1.29, 1.82) is 0 Å². The first kappa shape index (κ1) is 31.9. The van der Waals surface area contributed by atoms with Crippen LogP contribution in [0, 0.1) is 5.92 Å². The van der Waals surface area contributed by atoms with Crippen LogP contribution in [-0.4, -0.2) is 76.2 Å². The summed E-state index contributed by atoms with van der Waals surface area (Å²) < 4.78 is 0. The molecule has 3 unspecified atom stereocenters. The minimum Gasteiger partial charge on any atom is -0.480 e. The number of carboxylic acid groups (broad SMARTS) is 3. The van der Waals surface area contributed by atoms with E-state index < -0.39 is 36.0 Å². The molecule has 0 fully saturated rings. The summed E-state index contributed by atoms with van der Waals surface area (Å²) in [7, 11) is 0. The molecule has 11 N–H and O–H groups in total. The Bertz CT molecular complexity index is 436. The maximum atomic E-state index is 10.4. The summed E-state index contributed by atoms with van der Waals surface area (Å²) in [4.78, 5) is 30.6. The molecule has 0 aromatic heterocycles. The number of rotatable bonds is 13. The van der Waals surface area contributed by atoms with Gasteiger partial charge in [-0.15, -0.1) is 0 Å². The number of aliphatic carboxylic acids is 3. The first-order valence-electron chi connectivity index (χ1n) is 9.69. The first-order chi connectivity index (χ1) is 13.5. The summed E-state index contributed by atoms with van der Waals surface area (Å²) in [6.07, 6.45) is 3.34. The Balaban J connectivity index is -0.000000354. The molecule has 174 valence electrons. The Kier molecular flexibility index (Phi) is 23.0. The second-order valence-electron chi connectivity index (χ2n) is 6.69. The summed E-state index contributed by atoms with van der Waals surface area (Å²) in [5, 5.41) is 36.4. The number of aliphatic hydroxyl groups is 1. The van der Waals surface area contributed by atoms with Crippen LogP contribution in [0.15, 0.2) is 0 Å². The molecule has 0 aliphatic heterocycles. The molecule has 0 aromatic rings. The lowest BCUT2D eigenvalue weighted by molar-refractivity contribution is -0.140. The lowest BCUT2D eigenvalue weighted by Crippen LogP contribution is -2.37. The fraction of sp³-hybridized carbons (Fsp3) is 0.833. The highest BCUT2D eigenvalue weighted by atomic mass is 16.4. The van der Waals surface area contributed by atoms with Gasteiger partial charge in [-0.1, -0.05) is 27.2 Å². The van der Waals surface area contributed by atoms with Crippen LogP contribution in [-0.2, 0) is 14.4 Å². The molecular formula is C18H40N4O7. The van der Waals surface area contributed by atoms with E-state index in [1.165, 1.54) is 0 Å². The minimum absolute atomic E-state index is 0.0208. The van der Waals surface area contributed by atoms with Gasteiger partial charge >= 0.3 is 17.9 Å². The van der Waals surface area contributed by atoms with E-state index in [9.17, 15) is 14.4 Å². The third kappa shape index (κ3) is 22.4. The predicted molar refractivity (Wildman–Crippen MR) is 110 cm³/mol. The number of hydrogen-bond donors (Lipinski definition) is 8. The van der Waals surface area contributed by atoms with Crippen LogP contribution in [0.3, 0.4) is 0 Å². The van der Waals surface area contributed by atoms with Crippen molar-refractivity contribution >= 4 is 17.9 Å². The smallest absolute Gasteiger partial charge is 0.320 e. The van der Waals surface area contributed by atoms with Gasteiger partial charge in [-0.3, -0.25) is 14.4 Å². The maximum Gasteiger partial charge on any atom is 0.320 e. The third-order valence-electron chi connectivity index (χ3n) is 3.65. The van der Waals surface area contributed by atoms with E-state index in [-0.39, 0.29) is 18.9 Å². The number of carboxylic acids is 3. The standard InChI is InChI=1S/C7H15NO3.C6H14N2O2.C5H11NO2/c1-2-4-8-6(3-5-9)7(10)11;7-4-2-1-3-5(8)6(9)10;1-3(2)4(6)5(7)8/h6,8-9H,2-5H2,1H3,(H,10,11);5H,1-4,7-8H2,(H,9,10);3-4H,6H2,1-2H3,(H,7,8). The van der Waals surface area contributed by atoms with Gasteiger partial charge in [0.05, 0.1) is 0 Å². The molecule has 0 aliphatic rings. The summed E-state index contributed by atoms with van der Waals surface area (Å²) in [6, 6.07) is -2.03. The number of hydrogen-bond acceptors (Lipinski definition) is 8. The normalized spacial score (nSPS) is 13.2. The van der Waals surface area contributed by atoms with Crippen molar-refractivity contribution in [3.8, 4) is 0 Å². The molecular weight excluding hydrogens is 384 g/mol. The van der Waals surface area contributed by atoms with Crippen LogP contribution >= 0.6 is 0 Å². The summed E-state index contributed by atoms with van der Waals surface area (Å²) in [5.41, 5.74) is 15.6. The van der Waals surface area contributed by atoms with Crippen molar-refractivity contribution in [2.75, 3.05) is 19.7 Å². The van der Waals surface area contributed by atoms with Gasteiger partial charge in [-0.05, 0) is 44.7 Å². The van der Waals surface area contributed by atoms with Crippen molar-refractivity contribution in [2.24, 2.45) is 23.1 Å². The second kappa shape index (κ2) is 20.9. The van der Waals surface area contributed by atoms with Gasteiger partial charge in [-0.2, -0.15) is 0 Å². The van der Waals surface area contributed by atoms with Gasteiger partial charge in [0.1, 0.15) is 18.1 Å². The Morgan fingerprint density at radius 2 is 1.48 bits per heavy atom. The van der Waals surface area contributed by atoms with Crippen molar-refractivity contribution in [3.63, 3.8) is 0 Å². The summed E-state index contributed by atoms with van der Waals surface area (Å²) >= 11 is 0. The van der Waals surface area contributed by atoms with Crippen molar-refractivity contribution in [1.82, 2.24) is 5.32 Å². The lowest BCUT2D eigenvalue weighted by atomic mass is 10.1. The molecule has 29 heavy (non-hydrogen) atoms. The van der Waals surface area contributed by atoms with Crippen LogP contribution < -0.4 is 22.5 Å². The van der Waals surface area contributed by atoms with E-state index in [0.717, 1.165) is 19.3 Å². The molecule has 0 rings (SSSR count). The number of aliphatic hydroxyl groups excluding tert-OH is 1. The molecule has 0 heterocycles. The highest BCUT2D eigenvalue weighted by Crippen LogP contribution is 1.97. The van der Waals surface area contributed by atoms with E-state index >= 15 is 0 Å². The molecule has 0 saturated carbocycles. The summed E-state index contributed by atoms with van der Waals surface area (Å²) in [6.45, 7) is 6.71. The van der Waals surface area contributed by atoms with Crippen molar-refractivity contribution in [2.45, 2.75) is 71.0 Å². The van der Waals surface area contributed by atoms with Crippen molar-refractivity contribution in [3.05, 3.63) is 0 Å². The zero-order valence-corrected chi connectivity index (χ0v) is 17.7. The Labute approximate surface area is 172 Å². The average Bonchev–Trinajstić information content (AvgIpc) is 2.65. The van der Waals surface area contributed by atoms with E-state index in [0.29, 0.717) is 19.5 Å². The number of nitrogens with one attached hydrogen (secondary N) is 1. The number of unbranched alkanes of at least 4 members (excludes halogenated alkanes) is 1. The Morgan fingerprint density at radius 3 is 1.76 bits per heavy atom. The van der Waals surface area contributed by atoms with Gasteiger partial charge < -0.3 is 42.9 Å². The van der Waals surface area contributed by atoms with Gasteiger partial charge in [-0.25, -0.2) is 0 Å². The molecule has 0 aromatic carbocycles. The molecule has 11 heteroatoms. The Hall–Kier alpha value is -1.79. The summed E-state index contributed by atoms with van der Waals surface area (Å²) in [5.74, 6) is -2.74. The van der Waals surface area contributed by atoms with Gasteiger partial charge in [0.25, 0.3) is 0 Å². The molecule has 3 atom stereocenters. The predicted octanol–water partition coefficient (Wildman–Crippen LogP) is -0.597. The fourth-order valence-electron chi connectivity index (χ4n) is 1.68. The number of carbonyl (C=O) groups is 3. The van der Waals surface area contributed by atoms with Gasteiger partial charge in [0, 0.05) is 6.61 Å². The number of nitrogens with two attached hydrogens (primary N) is 3. The molecule has 0 amide bonds. The molecule has 0 aliphatic carbocycles. The highest BCUT2D eigenvalue weighted by molar-refractivity contribution is 5.73. The third-order valence-corrected chi connectivity index (χ3v) is 3.65. The van der Waals surface area contributed by atoms with Crippen LogP contribution in [0.2, 0.25) is 0 Å². The van der Waals surface area contributed by atoms with Crippen LogP contribution in [0.25, 0.3) is 0 Å². The van der Waals surface area contributed by atoms with Crippen LogP contribution in [0.5, 0.6) is 0 Å². The molecule has 0 saturated heterocycles. The lowest BCUT2D eigenvalue weighted by Gasteiger charge is -2.11. The monoisotopic (exact) mass is 424 g/mol.